The summed E-state index contributed by atoms with van der Waals surface area (Å²) in [6.07, 6.45) is 9.24. The molecule has 0 radical (unpaired) electrons. The molecule has 2 heterocycles. The third-order valence-electron chi connectivity index (χ3n) is 11.0. The zero-order valence-electron chi connectivity index (χ0n) is 28.1. The second-order valence-electron chi connectivity index (χ2n) is 13.8. The van der Waals surface area contributed by atoms with Crippen LogP contribution in [-0.2, 0) is 10.8 Å². The summed E-state index contributed by atoms with van der Waals surface area (Å²) in [6.45, 7) is 2.39. The molecule has 6 aromatic carbocycles. The fourth-order valence-corrected chi connectivity index (χ4v) is 9.63. The molecule has 2 unspecified atom stereocenters. The minimum atomic E-state index is -0.424. The molecule has 8 aromatic rings. The highest BCUT2D eigenvalue weighted by molar-refractivity contribution is 7.22. The molecule has 0 fully saturated rings. The molecule has 2 aliphatic carbocycles. The van der Waals surface area contributed by atoms with E-state index >= 15 is 0 Å². The number of benzene rings is 6. The molecule has 242 valence electrons. The number of fused-ring (bicyclic) bond motifs is 5. The lowest BCUT2D eigenvalue weighted by molar-refractivity contribution is 0.366. The van der Waals surface area contributed by atoms with Gasteiger partial charge in [0.1, 0.15) is 0 Å². The number of allylic oxidation sites excluding steroid dienone is 4. The van der Waals surface area contributed by atoms with Gasteiger partial charge in [-0.15, -0.1) is 11.3 Å². The second kappa shape index (κ2) is 11.5. The van der Waals surface area contributed by atoms with Crippen LogP contribution in [0, 0.1) is 5.92 Å². The van der Waals surface area contributed by atoms with Crippen molar-refractivity contribution < 1.29 is 0 Å². The van der Waals surface area contributed by atoms with Crippen molar-refractivity contribution in [1.82, 2.24) is 15.0 Å². The Morgan fingerprint density at radius 1 is 0.510 bits per heavy atom. The molecule has 3 nitrogen and oxygen atoms in total. The molecule has 0 spiro atoms. The van der Waals surface area contributed by atoms with Gasteiger partial charge in [-0.1, -0.05) is 159 Å². The Morgan fingerprint density at radius 3 is 1.84 bits per heavy atom. The Morgan fingerprint density at radius 2 is 1.12 bits per heavy atom. The number of thiophene rings is 1. The van der Waals surface area contributed by atoms with Crippen molar-refractivity contribution in [3.8, 4) is 33.5 Å². The Balaban J connectivity index is 1.23. The largest absolute Gasteiger partial charge is 0.208 e. The standard InChI is InChI=1S/C47H33N3S/c1-46-27-13-12-22-42(46)47(36-17-4-2-5-18-36,37-19-6-3-7-20-37)39-29-35(25-26-38(39)46)44-48-43(34-24-23-31-14-8-9-15-32(31)28-34)49-45(50-44)41-30-33-16-10-11-21-40(33)51-41/h2-30,42H,1H3. The van der Waals surface area contributed by atoms with Crippen molar-refractivity contribution >= 4 is 32.2 Å². The van der Waals surface area contributed by atoms with Crippen molar-refractivity contribution in [1.29, 1.82) is 0 Å². The van der Waals surface area contributed by atoms with Crippen molar-refractivity contribution in [3.63, 3.8) is 0 Å². The van der Waals surface area contributed by atoms with E-state index in [1.165, 1.54) is 37.7 Å². The van der Waals surface area contributed by atoms with Gasteiger partial charge in [0.25, 0.3) is 0 Å². The smallest absolute Gasteiger partial charge is 0.174 e. The van der Waals surface area contributed by atoms with Gasteiger partial charge < -0.3 is 0 Å². The van der Waals surface area contributed by atoms with Crippen molar-refractivity contribution in [2.75, 3.05) is 0 Å². The van der Waals surface area contributed by atoms with E-state index in [1.807, 2.05) is 0 Å². The molecule has 0 bridgehead atoms. The van der Waals surface area contributed by atoms with Crippen LogP contribution in [0.15, 0.2) is 176 Å². The van der Waals surface area contributed by atoms with Gasteiger partial charge in [-0.25, -0.2) is 15.0 Å². The van der Waals surface area contributed by atoms with E-state index < -0.39 is 5.41 Å². The molecule has 0 amide bonds. The maximum atomic E-state index is 5.24. The average Bonchev–Trinajstić information content (AvgIpc) is 3.73. The summed E-state index contributed by atoms with van der Waals surface area (Å²) in [6, 6.07) is 54.5. The van der Waals surface area contributed by atoms with Crippen LogP contribution in [0.25, 0.3) is 54.3 Å². The monoisotopic (exact) mass is 671 g/mol. The third kappa shape index (κ3) is 4.60. The van der Waals surface area contributed by atoms with Gasteiger partial charge in [-0.2, -0.15) is 0 Å². The molecule has 0 saturated heterocycles. The van der Waals surface area contributed by atoms with Gasteiger partial charge >= 0.3 is 0 Å². The van der Waals surface area contributed by atoms with E-state index in [9.17, 15) is 0 Å². The maximum Gasteiger partial charge on any atom is 0.174 e. The molecular formula is C47H33N3S. The zero-order valence-corrected chi connectivity index (χ0v) is 28.9. The molecule has 2 atom stereocenters. The van der Waals surface area contributed by atoms with Gasteiger partial charge in [-0.05, 0) is 62.7 Å². The lowest BCUT2D eigenvalue weighted by Crippen LogP contribution is -2.40. The first-order valence-electron chi connectivity index (χ1n) is 17.5. The molecule has 0 saturated carbocycles. The van der Waals surface area contributed by atoms with E-state index in [-0.39, 0.29) is 11.3 Å². The van der Waals surface area contributed by atoms with E-state index in [1.54, 1.807) is 11.3 Å². The van der Waals surface area contributed by atoms with E-state index in [2.05, 4.69) is 183 Å². The number of nitrogens with zero attached hydrogens (tertiary/aromatic N) is 3. The Bertz CT molecular complexity index is 2600. The number of aromatic nitrogens is 3. The van der Waals surface area contributed by atoms with Crippen LogP contribution in [-0.4, -0.2) is 15.0 Å². The molecule has 0 aliphatic heterocycles. The molecular weight excluding hydrogens is 639 g/mol. The topological polar surface area (TPSA) is 38.7 Å². The van der Waals surface area contributed by atoms with Gasteiger partial charge in [0, 0.05) is 27.2 Å². The van der Waals surface area contributed by atoms with Crippen LogP contribution >= 0.6 is 11.3 Å². The van der Waals surface area contributed by atoms with Crippen LogP contribution in [0.4, 0.5) is 0 Å². The fourth-order valence-electron chi connectivity index (χ4n) is 8.64. The highest BCUT2D eigenvalue weighted by Gasteiger charge is 2.58. The predicted molar refractivity (Wildman–Crippen MR) is 211 cm³/mol. The number of hydrogen-bond donors (Lipinski definition) is 0. The first-order valence-corrected chi connectivity index (χ1v) is 18.3. The summed E-state index contributed by atoms with van der Waals surface area (Å²) in [7, 11) is 0. The molecule has 10 rings (SSSR count). The van der Waals surface area contributed by atoms with Crippen LogP contribution in [0.3, 0.4) is 0 Å². The van der Waals surface area contributed by atoms with Crippen LogP contribution in [0.2, 0.25) is 0 Å². The van der Waals surface area contributed by atoms with Crippen LogP contribution in [0.5, 0.6) is 0 Å². The summed E-state index contributed by atoms with van der Waals surface area (Å²) in [5.41, 5.74) is 6.50. The summed E-state index contributed by atoms with van der Waals surface area (Å²) in [5, 5.41) is 3.54. The van der Waals surface area contributed by atoms with Crippen LogP contribution in [0.1, 0.15) is 29.2 Å². The number of rotatable bonds is 5. The van der Waals surface area contributed by atoms with Gasteiger partial charge in [0.2, 0.25) is 0 Å². The van der Waals surface area contributed by atoms with E-state index in [4.69, 9.17) is 15.0 Å². The summed E-state index contributed by atoms with van der Waals surface area (Å²) in [5.74, 6) is 2.20. The number of hydrogen-bond acceptors (Lipinski definition) is 4. The first kappa shape index (κ1) is 29.9. The van der Waals surface area contributed by atoms with Crippen molar-refractivity contribution in [3.05, 3.63) is 198 Å². The maximum absolute atomic E-state index is 5.24. The van der Waals surface area contributed by atoms with Crippen molar-refractivity contribution in [2.45, 2.75) is 17.8 Å². The van der Waals surface area contributed by atoms with E-state index in [0.29, 0.717) is 17.5 Å². The minimum absolute atomic E-state index is 0.172. The van der Waals surface area contributed by atoms with Gasteiger partial charge in [0.05, 0.1) is 10.3 Å². The Labute approximate surface area is 301 Å². The van der Waals surface area contributed by atoms with Gasteiger partial charge in [0.15, 0.2) is 17.5 Å². The summed E-state index contributed by atoms with van der Waals surface area (Å²) >= 11 is 1.72. The fraction of sp³-hybridized carbons (Fsp3) is 0.0851. The zero-order chi connectivity index (χ0) is 34.0. The first-order chi connectivity index (χ1) is 25.1. The Kier molecular flexibility index (Phi) is 6.77. The van der Waals surface area contributed by atoms with E-state index in [0.717, 1.165) is 21.4 Å². The molecule has 2 aliphatic rings. The van der Waals surface area contributed by atoms with Crippen LogP contribution < -0.4 is 0 Å². The Hall–Kier alpha value is -5.97. The average molecular weight is 672 g/mol. The molecule has 0 N–H and O–H groups in total. The summed E-state index contributed by atoms with van der Waals surface area (Å²) in [4.78, 5) is 16.7. The second-order valence-corrected chi connectivity index (χ2v) is 14.9. The SMILES string of the molecule is CC12C=CC=CC1C(c1ccccc1)(c1ccccc1)c1cc(-c3nc(-c4ccc5ccccc5c4)nc(-c4cc5ccccc5s4)n3)ccc12. The molecule has 4 heteroatoms. The normalized spacial score (nSPS) is 18.6. The third-order valence-corrected chi connectivity index (χ3v) is 12.1. The lowest BCUT2D eigenvalue weighted by Gasteiger charge is -2.42. The molecule has 51 heavy (non-hydrogen) atoms. The quantitative estimate of drug-likeness (QED) is 0.183. The highest BCUT2D eigenvalue weighted by atomic mass is 32.1. The molecule has 2 aromatic heterocycles. The lowest BCUT2D eigenvalue weighted by atomic mass is 9.60. The predicted octanol–water partition coefficient (Wildman–Crippen LogP) is 11.6. The summed E-state index contributed by atoms with van der Waals surface area (Å²) < 4.78 is 1.21. The van der Waals surface area contributed by atoms with Crippen molar-refractivity contribution in [2.24, 2.45) is 5.92 Å². The van der Waals surface area contributed by atoms with Gasteiger partial charge in [-0.3, -0.25) is 0 Å². The highest BCUT2D eigenvalue weighted by Crippen LogP contribution is 2.62. The minimum Gasteiger partial charge on any atom is -0.208 e.